The lowest BCUT2D eigenvalue weighted by Crippen LogP contribution is -2.48. The minimum absolute atomic E-state index is 0.122. The molecule has 84 valence electrons. The molecule has 2 aliphatic heterocycles. The van der Waals surface area contributed by atoms with Gasteiger partial charge in [-0.2, -0.15) is 0 Å². The summed E-state index contributed by atoms with van der Waals surface area (Å²) in [4.78, 5) is 34.0. The molecule has 0 saturated carbocycles. The number of carboxylic acid groups (broad SMARTS) is 2. The summed E-state index contributed by atoms with van der Waals surface area (Å²) in [6, 6.07) is 0. The first-order valence-electron chi connectivity index (χ1n) is 4.38. The third kappa shape index (κ3) is 1.58. The third-order valence-electron chi connectivity index (χ3n) is 2.22. The number of amides is 1. The fraction of sp³-hybridized carbons (Fsp3) is 0.222. The van der Waals surface area contributed by atoms with Crippen molar-refractivity contribution in [3.05, 3.63) is 22.8 Å². The molecule has 7 heteroatoms. The molecule has 2 heterocycles. The average Bonchev–Trinajstić information content (AvgIpc) is 2.47. The van der Waals surface area contributed by atoms with E-state index in [2.05, 4.69) is 0 Å². The smallest absolute Gasteiger partial charge is 0.353 e. The number of carbonyl (C=O) groups excluding carboxylic acids is 1. The summed E-state index contributed by atoms with van der Waals surface area (Å²) in [5.41, 5.74) is -0.122. The Kier molecular flexibility index (Phi) is 2.47. The van der Waals surface area contributed by atoms with Gasteiger partial charge in [-0.15, -0.1) is 0 Å². The number of allylic oxidation sites excluding steroid dienone is 1. The molecule has 1 amide bonds. The van der Waals surface area contributed by atoms with Crippen LogP contribution in [0.2, 0.25) is 0 Å². The van der Waals surface area contributed by atoms with Crippen molar-refractivity contribution < 1.29 is 24.6 Å². The Morgan fingerprint density at radius 2 is 2.12 bits per heavy atom. The van der Waals surface area contributed by atoms with E-state index in [0.29, 0.717) is 11.3 Å². The first-order valence-corrected chi connectivity index (χ1v) is 5.26. The number of hydrogen-bond acceptors (Lipinski definition) is 4. The standard InChI is InChI=1S/C9H7NO5S/c11-5-3-6-10(5)8(9(14)15)4(16-6)1-2-7(12)13/h1-2,6H,3H2,(H,12,13)(H,14,15)/b2-1+/t6-/m1/s1. The molecule has 0 aromatic carbocycles. The Morgan fingerprint density at radius 1 is 1.44 bits per heavy atom. The number of rotatable bonds is 3. The molecule has 0 bridgehead atoms. The van der Waals surface area contributed by atoms with E-state index < -0.39 is 11.9 Å². The van der Waals surface area contributed by atoms with Gasteiger partial charge in [0.15, 0.2) is 0 Å². The van der Waals surface area contributed by atoms with Crippen molar-refractivity contribution in [3.63, 3.8) is 0 Å². The summed E-state index contributed by atoms with van der Waals surface area (Å²) in [6.45, 7) is 0. The zero-order chi connectivity index (χ0) is 11.9. The molecule has 16 heavy (non-hydrogen) atoms. The van der Waals surface area contributed by atoms with Crippen LogP contribution in [0.5, 0.6) is 0 Å². The molecule has 2 N–H and O–H groups in total. The molecule has 2 rings (SSSR count). The Morgan fingerprint density at radius 3 is 2.62 bits per heavy atom. The largest absolute Gasteiger partial charge is 0.478 e. The van der Waals surface area contributed by atoms with Gasteiger partial charge in [0, 0.05) is 11.0 Å². The molecule has 0 radical (unpaired) electrons. The van der Waals surface area contributed by atoms with Gasteiger partial charge in [-0.1, -0.05) is 11.8 Å². The van der Waals surface area contributed by atoms with Crippen molar-refractivity contribution in [2.75, 3.05) is 0 Å². The first-order chi connectivity index (χ1) is 7.50. The molecular formula is C9H7NO5S. The van der Waals surface area contributed by atoms with Crippen LogP contribution in [-0.4, -0.2) is 38.3 Å². The lowest BCUT2D eigenvalue weighted by Gasteiger charge is -2.33. The molecule has 0 aromatic rings. The van der Waals surface area contributed by atoms with Gasteiger partial charge in [-0.05, 0) is 6.08 Å². The lowest BCUT2D eigenvalue weighted by atomic mass is 10.1. The van der Waals surface area contributed by atoms with Crippen LogP contribution in [0.1, 0.15) is 6.42 Å². The number of nitrogens with zero attached hydrogens (tertiary/aromatic N) is 1. The molecule has 0 aromatic heterocycles. The topological polar surface area (TPSA) is 94.9 Å². The highest BCUT2D eigenvalue weighted by molar-refractivity contribution is 8.04. The molecule has 6 nitrogen and oxygen atoms in total. The van der Waals surface area contributed by atoms with E-state index in [0.717, 1.165) is 6.08 Å². The quantitative estimate of drug-likeness (QED) is 0.542. The van der Waals surface area contributed by atoms with E-state index in [1.807, 2.05) is 0 Å². The second kappa shape index (κ2) is 3.67. The first kappa shape index (κ1) is 10.7. The van der Waals surface area contributed by atoms with Crippen LogP contribution < -0.4 is 0 Å². The Bertz CT molecular complexity index is 453. The van der Waals surface area contributed by atoms with Crippen molar-refractivity contribution in [3.8, 4) is 0 Å². The van der Waals surface area contributed by atoms with Crippen LogP contribution in [0.4, 0.5) is 0 Å². The van der Waals surface area contributed by atoms with Gasteiger partial charge >= 0.3 is 11.9 Å². The Labute approximate surface area is 94.2 Å². The Hall–Kier alpha value is -1.76. The van der Waals surface area contributed by atoms with Crippen molar-refractivity contribution >= 4 is 29.6 Å². The van der Waals surface area contributed by atoms with Crippen LogP contribution in [0.3, 0.4) is 0 Å². The lowest BCUT2D eigenvalue weighted by molar-refractivity contribution is -0.145. The molecule has 1 saturated heterocycles. The predicted molar refractivity (Wildman–Crippen MR) is 54.3 cm³/mol. The summed E-state index contributed by atoms with van der Waals surface area (Å²) in [6.07, 6.45) is 2.37. The van der Waals surface area contributed by atoms with Crippen LogP contribution in [0.25, 0.3) is 0 Å². The molecule has 0 aliphatic carbocycles. The summed E-state index contributed by atoms with van der Waals surface area (Å²) >= 11 is 1.20. The van der Waals surface area contributed by atoms with Crippen LogP contribution >= 0.6 is 11.8 Å². The zero-order valence-electron chi connectivity index (χ0n) is 7.91. The maximum Gasteiger partial charge on any atom is 0.353 e. The third-order valence-corrected chi connectivity index (χ3v) is 3.46. The van der Waals surface area contributed by atoms with Crippen molar-refractivity contribution in [1.82, 2.24) is 4.90 Å². The Balaban J connectivity index is 2.32. The van der Waals surface area contributed by atoms with Gasteiger partial charge in [-0.25, -0.2) is 9.59 Å². The van der Waals surface area contributed by atoms with Crippen molar-refractivity contribution in [2.45, 2.75) is 11.8 Å². The minimum Gasteiger partial charge on any atom is -0.478 e. The van der Waals surface area contributed by atoms with Gasteiger partial charge in [0.25, 0.3) is 0 Å². The minimum atomic E-state index is -1.21. The summed E-state index contributed by atoms with van der Waals surface area (Å²) in [5.74, 6) is -2.61. The monoisotopic (exact) mass is 241 g/mol. The highest BCUT2D eigenvalue weighted by Gasteiger charge is 2.47. The maximum atomic E-state index is 11.2. The number of aliphatic carboxylic acids is 2. The van der Waals surface area contributed by atoms with Gasteiger partial charge in [0.1, 0.15) is 5.70 Å². The van der Waals surface area contributed by atoms with E-state index in [1.54, 1.807) is 0 Å². The molecular weight excluding hydrogens is 234 g/mol. The second-order valence-corrected chi connectivity index (χ2v) is 4.45. The summed E-state index contributed by atoms with van der Waals surface area (Å²) in [7, 11) is 0. The fourth-order valence-electron chi connectivity index (χ4n) is 1.54. The summed E-state index contributed by atoms with van der Waals surface area (Å²) < 4.78 is 0. The van der Waals surface area contributed by atoms with Crippen LogP contribution in [0, 0.1) is 0 Å². The van der Waals surface area contributed by atoms with Crippen LogP contribution in [0.15, 0.2) is 22.8 Å². The van der Waals surface area contributed by atoms with Crippen LogP contribution in [-0.2, 0) is 14.4 Å². The number of β-lactam (4-membered cyclic amide) rings is 1. The molecule has 1 fully saturated rings. The fourth-order valence-corrected chi connectivity index (χ4v) is 2.84. The van der Waals surface area contributed by atoms with Crippen molar-refractivity contribution in [1.29, 1.82) is 0 Å². The second-order valence-electron chi connectivity index (χ2n) is 3.23. The number of hydrogen-bond donors (Lipinski definition) is 2. The van der Waals surface area contributed by atoms with Gasteiger partial charge in [0.05, 0.1) is 11.8 Å². The SMILES string of the molecule is O=C(O)/C=C/C1=C(C(=O)O)N2C(=O)C[C@H]2S1. The van der Waals surface area contributed by atoms with E-state index in [4.69, 9.17) is 10.2 Å². The van der Waals surface area contributed by atoms with Gasteiger partial charge in [0.2, 0.25) is 5.91 Å². The number of carboxylic acids is 2. The van der Waals surface area contributed by atoms with Gasteiger partial charge in [-0.3, -0.25) is 9.69 Å². The maximum absolute atomic E-state index is 11.2. The summed E-state index contributed by atoms with van der Waals surface area (Å²) in [5, 5.41) is 17.2. The van der Waals surface area contributed by atoms with Crippen molar-refractivity contribution in [2.24, 2.45) is 0 Å². The van der Waals surface area contributed by atoms with E-state index in [-0.39, 0.29) is 17.0 Å². The van der Waals surface area contributed by atoms with E-state index in [1.165, 1.54) is 22.7 Å². The molecule has 0 spiro atoms. The average molecular weight is 241 g/mol. The molecule has 0 unspecified atom stereocenters. The van der Waals surface area contributed by atoms with Gasteiger partial charge < -0.3 is 10.2 Å². The number of carbonyl (C=O) groups is 3. The normalized spacial score (nSPS) is 23.6. The van der Waals surface area contributed by atoms with E-state index in [9.17, 15) is 14.4 Å². The number of thioether (sulfide) groups is 1. The molecule has 2 aliphatic rings. The zero-order valence-corrected chi connectivity index (χ0v) is 8.73. The molecule has 1 atom stereocenters. The van der Waals surface area contributed by atoms with E-state index >= 15 is 0 Å². The number of fused-ring (bicyclic) bond motifs is 1. The highest BCUT2D eigenvalue weighted by Crippen LogP contribution is 2.46. The highest BCUT2D eigenvalue weighted by atomic mass is 32.2. The predicted octanol–water partition coefficient (Wildman–Crippen LogP) is 0.229.